The highest BCUT2D eigenvalue weighted by Gasteiger charge is 2.64. The molecule has 0 bridgehead atoms. The normalized spacial score (nSPS) is 24.3. The number of imide groups is 1. The summed E-state index contributed by atoms with van der Waals surface area (Å²) in [5.74, 6) is -1.70. The van der Waals surface area contributed by atoms with Crippen LogP contribution in [0.15, 0.2) is 77.9 Å². The molecule has 0 aromatic heterocycles. The number of ether oxygens (including phenoxy) is 2. The Morgan fingerprint density at radius 1 is 0.861 bits per heavy atom. The molecule has 0 N–H and O–H groups in total. The Labute approximate surface area is 207 Å². The first kappa shape index (κ1) is 22.0. The Morgan fingerprint density at radius 2 is 1.61 bits per heavy atom. The molecular weight excluding hydrogens is 458 g/mol. The van der Waals surface area contributed by atoms with E-state index in [4.69, 9.17) is 9.47 Å². The van der Waals surface area contributed by atoms with Crippen LogP contribution in [-0.4, -0.2) is 55.1 Å². The highest BCUT2D eigenvalue weighted by Crippen LogP contribution is 2.46. The molecule has 0 spiro atoms. The molecule has 3 heterocycles. The van der Waals surface area contributed by atoms with Gasteiger partial charge in [0.15, 0.2) is 17.3 Å². The molecule has 3 aromatic carbocycles. The van der Waals surface area contributed by atoms with Crippen LogP contribution in [0.4, 0.5) is 5.69 Å². The lowest BCUT2D eigenvalue weighted by atomic mass is 9.86. The van der Waals surface area contributed by atoms with E-state index in [0.29, 0.717) is 22.7 Å². The van der Waals surface area contributed by atoms with Gasteiger partial charge >= 0.3 is 0 Å². The summed E-state index contributed by atoms with van der Waals surface area (Å²) in [5.41, 5.74) is 0.858. The molecule has 2 amide bonds. The third-order valence-electron chi connectivity index (χ3n) is 7.22. The number of hydrogen-bond acceptors (Lipinski definition) is 7. The van der Waals surface area contributed by atoms with Crippen molar-refractivity contribution in [3.05, 3.63) is 78.4 Å². The molecule has 8 heteroatoms. The third-order valence-corrected chi connectivity index (χ3v) is 7.22. The van der Waals surface area contributed by atoms with E-state index in [9.17, 15) is 14.4 Å². The fraction of sp³-hybridized carbons (Fsp3) is 0.214. The zero-order valence-corrected chi connectivity index (χ0v) is 19.7. The van der Waals surface area contributed by atoms with Crippen molar-refractivity contribution < 1.29 is 23.9 Å². The van der Waals surface area contributed by atoms with Gasteiger partial charge in [-0.2, -0.15) is 5.10 Å². The van der Waals surface area contributed by atoms with Crippen LogP contribution in [0.1, 0.15) is 10.4 Å². The second kappa shape index (κ2) is 8.34. The maximum Gasteiger partial charge on any atom is 0.240 e. The van der Waals surface area contributed by atoms with Crippen LogP contribution in [0.2, 0.25) is 0 Å². The van der Waals surface area contributed by atoms with E-state index in [1.54, 1.807) is 41.6 Å². The Bertz CT molecular complexity index is 1480. The lowest BCUT2D eigenvalue weighted by Crippen LogP contribution is -2.46. The van der Waals surface area contributed by atoms with E-state index < -0.39 is 29.8 Å². The van der Waals surface area contributed by atoms with Gasteiger partial charge < -0.3 is 9.47 Å². The van der Waals surface area contributed by atoms with E-state index in [0.717, 1.165) is 10.8 Å². The predicted molar refractivity (Wildman–Crippen MR) is 134 cm³/mol. The number of rotatable bonds is 5. The fourth-order valence-corrected chi connectivity index (χ4v) is 5.57. The number of carbonyl (C=O) groups excluding carboxylic acids is 3. The highest BCUT2D eigenvalue weighted by atomic mass is 16.5. The quantitative estimate of drug-likeness (QED) is 0.410. The summed E-state index contributed by atoms with van der Waals surface area (Å²) in [6, 6.07) is 16.7. The lowest BCUT2D eigenvalue weighted by molar-refractivity contribution is -0.123. The summed E-state index contributed by atoms with van der Waals surface area (Å²) in [6.45, 7) is 0. The monoisotopic (exact) mass is 481 g/mol. The number of allylic oxidation sites excluding steroid dienone is 1. The highest BCUT2D eigenvalue weighted by molar-refractivity contribution is 6.25. The molecule has 4 atom stereocenters. The number of benzene rings is 3. The van der Waals surface area contributed by atoms with Crippen molar-refractivity contribution in [2.75, 3.05) is 19.1 Å². The van der Waals surface area contributed by atoms with Gasteiger partial charge in [-0.3, -0.25) is 19.4 Å². The van der Waals surface area contributed by atoms with Crippen LogP contribution in [0.25, 0.3) is 10.8 Å². The predicted octanol–water partition coefficient (Wildman–Crippen LogP) is 3.45. The molecule has 3 aliphatic rings. The number of anilines is 1. The van der Waals surface area contributed by atoms with E-state index in [1.807, 2.05) is 42.5 Å². The molecule has 0 aliphatic carbocycles. The maximum atomic E-state index is 13.9. The van der Waals surface area contributed by atoms with Crippen LogP contribution in [0.5, 0.6) is 11.5 Å². The number of ketones is 1. The van der Waals surface area contributed by atoms with Crippen molar-refractivity contribution in [3.8, 4) is 11.5 Å². The fourth-order valence-electron chi connectivity index (χ4n) is 5.57. The smallest absolute Gasteiger partial charge is 0.240 e. The number of nitrogens with zero attached hydrogens (tertiary/aromatic N) is 3. The topological polar surface area (TPSA) is 88.5 Å². The molecular formula is C28H23N3O5. The van der Waals surface area contributed by atoms with Gasteiger partial charge in [-0.1, -0.05) is 36.4 Å². The number of Topliss-reactive ketones (excluding diaryl/α,β-unsaturated/α-hetero) is 1. The molecule has 8 nitrogen and oxygen atoms in total. The number of carbonyl (C=O) groups is 3. The van der Waals surface area contributed by atoms with Crippen LogP contribution in [-0.2, 0) is 9.59 Å². The van der Waals surface area contributed by atoms with Gasteiger partial charge in [-0.25, -0.2) is 4.90 Å². The van der Waals surface area contributed by atoms with Crippen LogP contribution < -0.4 is 14.4 Å². The third kappa shape index (κ3) is 3.14. The summed E-state index contributed by atoms with van der Waals surface area (Å²) in [6.07, 6.45) is 5.15. The Kier molecular flexibility index (Phi) is 5.10. The van der Waals surface area contributed by atoms with Crippen LogP contribution in [0, 0.1) is 11.8 Å². The number of methoxy groups -OCH3 is 2. The summed E-state index contributed by atoms with van der Waals surface area (Å²) in [7, 11) is 3.01. The van der Waals surface area contributed by atoms with E-state index >= 15 is 0 Å². The Hall–Kier alpha value is -4.46. The summed E-state index contributed by atoms with van der Waals surface area (Å²) < 4.78 is 10.7. The molecule has 6 rings (SSSR count). The molecule has 0 unspecified atom stereocenters. The molecule has 3 aliphatic heterocycles. The van der Waals surface area contributed by atoms with Gasteiger partial charge in [0, 0.05) is 11.8 Å². The average Bonchev–Trinajstić information content (AvgIpc) is 3.39. The minimum Gasteiger partial charge on any atom is -0.493 e. The maximum absolute atomic E-state index is 13.9. The molecule has 180 valence electrons. The first-order chi connectivity index (χ1) is 17.5. The van der Waals surface area contributed by atoms with Gasteiger partial charge in [0.1, 0.15) is 6.04 Å². The first-order valence-electron chi connectivity index (χ1n) is 11.7. The first-order valence-corrected chi connectivity index (χ1v) is 11.7. The minimum atomic E-state index is -0.929. The van der Waals surface area contributed by atoms with Gasteiger partial charge in [-0.05, 0) is 47.2 Å². The Morgan fingerprint density at radius 3 is 2.39 bits per heavy atom. The summed E-state index contributed by atoms with van der Waals surface area (Å²) in [5, 5.41) is 7.94. The van der Waals surface area contributed by atoms with Gasteiger partial charge in [0.25, 0.3) is 0 Å². The number of amides is 2. The molecule has 2 saturated heterocycles. The van der Waals surface area contributed by atoms with E-state index in [1.165, 1.54) is 19.1 Å². The second-order valence-electron chi connectivity index (χ2n) is 8.99. The van der Waals surface area contributed by atoms with Gasteiger partial charge in [0.05, 0.1) is 37.8 Å². The molecule has 3 aromatic rings. The molecule has 0 saturated carbocycles. The van der Waals surface area contributed by atoms with Gasteiger partial charge in [-0.15, -0.1) is 0 Å². The molecule has 36 heavy (non-hydrogen) atoms. The number of fused-ring (bicyclic) bond motifs is 4. The second-order valence-corrected chi connectivity index (χ2v) is 8.99. The van der Waals surface area contributed by atoms with Crippen molar-refractivity contribution in [1.82, 2.24) is 5.01 Å². The lowest BCUT2D eigenvalue weighted by Gasteiger charge is -2.30. The number of hydrogen-bond donors (Lipinski definition) is 0. The zero-order chi connectivity index (χ0) is 25.0. The molecule has 0 radical (unpaired) electrons. The average molecular weight is 482 g/mol. The Balaban J connectivity index is 1.42. The largest absolute Gasteiger partial charge is 0.493 e. The summed E-state index contributed by atoms with van der Waals surface area (Å²) in [4.78, 5) is 42.7. The van der Waals surface area contributed by atoms with Crippen molar-refractivity contribution in [3.63, 3.8) is 0 Å². The van der Waals surface area contributed by atoms with Gasteiger partial charge in [0.2, 0.25) is 11.8 Å². The van der Waals surface area contributed by atoms with Crippen molar-refractivity contribution in [2.45, 2.75) is 12.1 Å². The van der Waals surface area contributed by atoms with Crippen molar-refractivity contribution in [1.29, 1.82) is 0 Å². The SMILES string of the molecule is COc1ccc(C(=O)[C@H]2[C@@H]3C(=O)N(c4ccc5ccccc5c4)C(=O)[C@@H]3[C@H]3C=CC=NN32)cc1OC. The van der Waals surface area contributed by atoms with E-state index in [2.05, 4.69) is 5.10 Å². The zero-order valence-electron chi connectivity index (χ0n) is 19.7. The van der Waals surface area contributed by atoms with Crippen LogP contribution in [0.3, 0.4) is 0 Å². The van der Waals surface area contributed by atoms with Crippen molar-refractivity contribution in [2.24, 2.45) is 16.9 Å². The van der Waals surface area contributed by atoms with E-state index in [-0.39, 0.29) is 11.7 Å². The standard InChI is InChI=1S/C28H23N3O5/c1-35-21-12-10-18(15-22(21)36-2)26(32)25-24-23(20-8-5-13-29-31(20)25)27(33)30(28(24)34)19-11-9-16-6-3-4-7-17(16)14-19/h3-15,20,23-25H,1-2H3/t20-,23-,24-,25-/m1/s1. The number of hydrazone groups is 1. The van der Waals surface area contributed by atoms with Crippen LogP contribution >= 0.6 is 0 Å². The minimum absolute atomic E-state index is 0.303. The van der Waals surface area contributed by atoms with Crippen molar-refractivity contribution >= 4 is 40.3 Å². The summed E-state index contributed by atoms with van der Waals surface area (Å²) >= 11 is 0. The molecule has 2 fully saturated rings.